The van der Waals surface area contributed by atoms with Gasteiger partial charge in [-0.1, -0.05) is 6.92 Å². The highest BCUT2D eigenvalue weighted by Crippen LogP contribution is 2.10. The lowest BCUT2D eigenvalue weighted by molar-refractivity contribution is -0.140. The Morgan fingerprint density at radius 3 is 2.00 bits per heavy atom. The molecule has 0 fully saturated rings. The summed E-state index contributed by atoms with van der Waals surface area (Å²) >= 11 is 0. The summed E-state index contributed by atoms with van der Waals surface area (Å²) in [7, 11) is 0. The van der Waals surface area contributed by atoms with Crippen molar-refractivity contribution in [2.75, 3.05) is 0 Å². The molecule has 0 rings (SSSR count). The lowest BCUT2D eigenvalue weighted by Crippen LogP contribution is -2.11. The Labute approximate surface area is 81.7 Å². The van der Waals surface area contributed by atoms with E-state index in [0.717, 1.165) is 0 Å². The lowest BCUT2D eigenvalue weighted by Gasteiger charge is -2.06. The first-order chi connectivity index (χ1) is 6.41. The van der Waals surface area contributed by atoms with E-state index in [1.807, 2.05) is 0 Å². The molecular weight excluding hydrogens is 188 g/mol. The molecule has 0 aromatic rings. The molecule has 1 atom stereocenters. The van der Waals surface area contributed by atoms with Crippen LogP contribution in [0.1, 0.15) is 32.6 Å². The smallest absolute Gasteiger partial charge is 0.303 e. The van der Waals surface area contributed by atoms with Crippen molar-refractivity contribution >= 4 is 17.7 Å². The van der Waals surface area contributed by atoms with Crippen LogP contribution in [0, 0.1) is 5.92 Å². The van der Waals surface area contributed by atoms with Crippen LogP contribution in [-0.4, -0.2) is 27.9 Å². The zero-order chi connectivity index (χ0) is 11.1. The zero-order valence-electron chi connectivity index (χ0n) is 8.02. The normalized spacial score (nSPS) is 12.1. The van der Waals surface area contributed by atoms with E-state index < -0.39 is 11.9 Å². The topological polar surface area (TPSA) is 91.7 Å². The molecule has 5 heteroatoms. The number of aliphatic carboxylic acids is 2. The average molecular weight is 202 g/mol. The summed E-state index contributed by atoms with van der Waals surface area (Å²) in [5.74, 6) is -2.37. The molecule has 0 radical (unpaired) electrons. The minimum absolute atomic E-state index is 0.0146. The number of carbonyl (C=O) groups is 3. The van der Waals surface area contributed by atoms with Gasteiger partial charge in [0, 0.05) is 19.3 Å². The Morgan fingerprint density at radius 2 is 1.57 bits per heavy atom. The third-order valence-corrected chi connectivity index (χ3v) is 1.72. The van der Waals surface area contributed by atoms with Crippen LogP contribution in [0.15, 0.2) is 0 Å². The van der Waals surface area contributed by atoms with E-state index in [2.05, 4.69) is 0 Å². The van der Waals surface area contributed by atoms with Crippen molar-refractivity contribution in [1.29, 1.82) is 0 Å². The molecule has 1 unspecified atom stereocenters. The minimum atomic E-state index is -1.01. The highest BCUT2D eigenvalue weighted by Gasteiger charge is 2.13. The standard InChI is InChI=1S/C9H14O5/c1-6(5-9(13)14)4-7(10)2-3-8(11)12/h6H,2-5H2,1H3,(H,11,12)(H,13,14). The highest BCUT2D eigenvalue weighted by atomic mass is 16.4. The predicted octanol–water partition coefficient (Wildman–Crippen LogP) is 0.921. The van der Waals surface area contributed by atoms with E-state index in [1.165, 1.54) is 0 Å². The summed E-state index contributed by atoms with van der Waals surface area (Å²) in [6.45, 7) is 1.66. The van der Waals surface area contributed by atoms with Crippen molar-refractivity contribution in [3.63, 3.8) is 0 Å². The first-order valence-electron chi connectivity index (χ1n) is 4.37. The molecule has 0 spiro atoms. The fraction of sp³-hybridized carbons (Fsp3) is 0.667. The number of hydrogen-bond donors (Lipinski definition) is 2. The number of Topliss-reactive ketones (excluding diaryl/α,β-unsaturated/α-hetero) is 1. The second-order valence-electron chi connectivity index (χ2n) is 3.34. The molecule has 80 valence electrons. The van der Waals surface area contributed by atoms with Gasteiger partial charge in [-0.25, -0.2) is 0 Å². The summed E-state index contributed by atoms with van der Waals surface area (Å²) in [5, 5.41) is 16.7. The van der Waals surface area contributed by atoms with Crippen molar-refractivity contribution in [1.82, 2.24) is 0 Å². The number of carboxylic acid groups (broad SMARTS) is 2. The summed E-state index contributed by atoms with van der Waals surface area (Å²) in [4.78, 5) is 31.5. The molecule has 0 bridgehead atoms. The fourth-order valence-electron chi connectivity index (χ4n) is 1.11. The van der Waals surface area contributed by atoms with E-state index in [9.17, 15) is 14.4 Å². The van der Waals surface area contributed by atoms with Gasteiger partial charge in [-0.05, 0) is 5.92 Å². The monoisotopic (exact) mass is 202 g/mol. The van der Waals surface area contributed by atoms with Crippen molar-refractivity contribution in [2.45, 2.75) is 32.6 Å². The van der Waals surface area contributed by atoms with Crippen LogP contribution in [-0.2, 0) is 14.4 Å². The minimum Gasteiger partial charge on any atom is -0.481 e. The number of hydrogen-bond acceptors (Lipinski definition) is 3. The number of ketones is 1. The number of rotatable bonds is 7. The molecule has 0 aromatic heterocycles. The molecule has 0 aliphatic heterocycles. The summed E-state index contributed by atoms with van der Waals surface area (Å²) in [6, 6.07) is 0. The van der Waals surface area contributed by atoms with Crippen molar-refractivity contribution in [3.05, 3.63) is 0 Å². The molecule has 5 nitrogen and oxygen atoms in total. The van der Waals surface area contributed by atoms with Gasteiger partial charge in [0.25, 0.3) is 0 Å². The quantitative estimate of drug-likeness (QED) is 0.640. The third-order valence-electron chi connectivity index (χ3n) is 1.72. The van der Waals surface area contributed by atoms with E-state index >= 15 is 0 Å². The molecule has 2 N–H and O–H groups in total. The van der Waals surface area contributed by atoms with Gasteiger partial charge in [0.1, 0.15) is 5.78 Å². The Balaban J connectivity index is 3.71. The van der Waals surface area contributed by atoms with Crippen LogP contribution in [0.25, 0.3) is 0 Å². The maximum atomic E-state index is 11.1. The van der Waals surface area contributed by atoms with Gasteiger partial charge in [-0.3, -0.25) is 14.4 Å². The molecule has 0 amide bonds. The molecule has 0 aliphatic carbocycles. The summed E-state index contributed by atoms with van der Waals surface area (Å²) < 4.78 is 0. The third kappa shape index (κ3) is 7.27. The molecular formula is C9H14O5. The Kier molecular flexibility index (Phi) is 5.52. The second-order valence-corrected chi connectivity index (χ2v) is 3.34. The SMILES string of the molecule is CC(CC(=O)O)CC(=O)CCC(=O)O. The maximum absolute atomic E-state index is 11.1. The summed E-state index contributed by atoms with van der Waals surface area (Å²) in [5.41, 5.74) is 0. The van der Waals surface area contributed by atoms with E-state index in [1.54, 1.807) is 6.92 Å². The first-order valence-corrected chi connectivity index (χ1v) is 4.37. The van der Waals surface area contributed by atoms with Gasteiger partial charge >= 0.3 is 11.9 Å². The van der Waals surface area contributed by atoms with Gasteiger partial charge in [-0.2, -0.15) is 0 Å². The van der Waals surface area contributed by atoms with E-state index in [-0.39, 0.29) is 37.4 Å². The molecule has 0 saturated carbocycles. The van der Waals surface area contributed by atoms with E-state index in [0.29, 0.717) is 0 Å². The molecule has 0 aromatic carbocycles. The number of carboxylic acids is 2. The fourth-order valence-corrected chi connectivity index (χ4v) is 1.11. The highest BCUT2D eigenvalue weighted by molar-refractivity contribution is 5.82. The summed E-state index contributed by atoms with van der Waals surface area (Å²) in [6.07, 6.45) is -0.115. The molecule has 14 heavy (non-hydrogen) atoms. The zero-order valence-corrected chi connectivity index (χ0v) is 8.02. The van der Waals surface area contributed by atoms with Gasteiger partial charge in [0.05, 0.1) is 6.42 Å². The van der Waals surface area contributed by atoms with E-state index in [4.69, 9.17) is 10.2 Å². The van der Waals surface area contributed by atoms with Crippen molar-refractivity contribution in [2.24, 2.45) is 5.92 Å². The maximum Gasteiger partial charge on any atom is 0.303 e. The second kappa shape index (κ2) is 6.12. The molecule has 0 saturated heterocycles. The predicted molar refractivity (Wildman–Crippen MR) is 47.9 cm³/mol. The van der Waals surface area contributed by atoms with Gasteiger partial charge in [-0.15, -0.1) is 0 Å². The van der Waals surface area contributed by atoms with Crippen LogP contribution in [0.3, 0.4) is 0 Å². The number of carbonyl (C=O) groups excluding carboxylic acids is 1. The Morgan fingerprint density at radius 1 is 1.00 bits per heavy atom. The van der Waals surface area contributed by atoms with Crippen molar-refractivity contribution in [3.8, 4) is 0 Å². The van der Waals surface area contributed by atoms with Crippen LogP contribution in [0.5, 0.6) is 0 Å². The van der Waals surface area contributed by atoms with Crippen LogP contribution in [0.2, 0.25) is 0 Å². The first kappa shape index (κ1) is 12.6. The largest absolute Gasteiger partial charge is 0.481 e. The lowest BCUT2D eigenvalue weighted by atomic mass is 9.99. The average Bonchev–Trinajstić information content (AvgIpc) is 1.98. The van der Waals surface area contributed by atoms with Gasteiger partial charge < -0.3 is 10.2 Å². The molecule has 0 aliphatic rings. The van der Waals surface area contributed by atoms with Crippen LogP contribution >= 0.6 is 0 Å². The Bertz CT molecular complexity index is 233. The van der Waals surface area contributed by atoms with Crippen LogP contribution < -0.4 is 0 Å². The van der Waals surface area contributed by atoms with Crippen molar-refractivity contribution < 1.29 is 24.6 Å². The van der Waals surface area contributed by atoms with Gasteiger partial charge in [0.15, 0.2) is 0 Å². The molecule has 0 heterocycles. The Hall–Kier alpha value is -1.39. The van der Waals surface area contributed by atoms with Crippen LogP contribution in [0.4, 0.5) is 0 Å². The van der Waals surface area contributed by atoms with Gasteiger partial charge in [0.2, 0.25) is 0 Å².